The van der Waals surface area contributed by atoms with Crippen LogP contribution in [0.15, 0.2) is 11.1 Å². The molecular weight excluding hydrogens is 413 g/mol. The Hall–Kier alpha value is -0.850. The molecule has 0 radical (unpaired) electrons. The van der Waals surface area contributed by atoms with E-state index in [1.807, 2.05) is 25.2 Å². The average Bonchev–Trinajstić information content (AvgIpc) is 2.56. The number of hydrogen-bond donors (Lipinski definition) is 0. The van der Waals surface area contributed by atoms with Crippen LogP contribution in [0.4, 0.5) is 5.69 Å². The van der Waals surface area contributed by atoms with Gasteiger partial charge in [-0.3, -0.25) is 0 Å². The highest BCUT2D eigenvalue weighted by Crippen LogP contribution is 2.33. The maximum absolute atomic E-state index is 6.22. The maximum Gasteiger partial charge on any atom is 0.227 e. The van der Waals surface area contributed by atoms with Crippen LogP contribution >= 0.6 is 22.6 Å². The molecule has 1 aliphatic rings. The van der Waals surface area contributed by atoms with Gasteiger partial charge in [0, 0.05) is 13.6 Å². The summed E-state index contributed by atoms with van der Waals surface area (Å²) < 4.78 is 7.25. The summed E-state index contributed by atoms with van der Waals surface area (Å²) in [5.74, 6) is 2.40. The van der Waals surface area contributed by atoms with Crippen LogP contribution in [0.2, 0.25) is 0 Å². The highest BCUT2D eigenvalue weighted by atomic mass is 127. The van der Waals surface area contributed by atoms with Crippen molar-refractivity contribution in [2.45, 2.75) is 59.5 Å². The van der Waals surface area contributed by atoms with Gasteiger partial charge in [0.15, 0.2) is 0 Å². The summed E-state index contributed by atoms with van der Waals surface area (Å²) in [5, 5.41) is 0. The zero-order valence-electron chi connectivity index (χ0n) is 15.6. The molecule has 0 aliphatic heterocycles. The number of halogens is 1. The molecule has 0 aromatic carbocycles. The van der Waals surface area contributed by atoms with Crippen molar-refractivity contribution < 1.29 is 4.74 Å². The van der Waals surface area contributed by atoms with E-state index >= 15 is 0 Å². The Morgan fingerprint density at radius 3 is 2.62 bits per heavy atom. The second-order valence-electron chi connectivity index (χ2n) is 7.10. The number of aryl methyl sites for hydroxylation is 1. The largest absolute Gasteiger partial charge is 0.474 e. The number of pyridine rings is 1. The van der Waals surface area contributed by atoms with Gasteiger partial charge in [-0.05, 0) is 80.0 Å². The Bertz CT molecular complexity index is 566. The van der Waals surface area contributed by atoms with E-state index in [1.165, 1.54) is 12.8 Å². The predicted octanol–water partition coefficient (Wildman–Crippen LogP) is 5.20. The van der Waals surface area contributed by atoms with Crippen LogP contribution in [0.3, 0.4) is 0 Å². The first-order valence-corrected chi connectivity index (χ1v) is 10.1. The minimum atomic E-state index is 0.306. The molecule has 1 fully saturated rings. The van der Waals surface area contributed by atoms with E-state index in [0.29, 0.717) is 6.10 Å². The van der Waals surface area contributed by atoms with Crippen molar-refractivity contribution in [3.05, 3.63) is 15.3 Å². The van der Waals surface area contributed by atoms with Gasteiger partial charge < -0.3 is 9.64 Å². The Kier molecular flexibility index (Phi) is 7.32. The van der Waals surface area contributed by atoms with Crippen LogP contribution in [0.25, 0.3) is 0 Å². The van der Waals surface area contributed by atoms with E-state index in [0.717, 1.165) is 52.1 Å². The monoisotopic (exact) mass is 443 g/mol. The molecule has 1 heterocycles. The predicted molar refractivity (Wildman–Crippen MR) is 109 cm³/mol. The molecule has 1 aromatic heterocycles. The molecule has 1 aliphatic carbocycles. The SMILES string of the molecule is CCN(C)/C=N/c1cc(I)c(OC2CCC(C(C)C)CC2)nc1C. The fourth-order valence-corrected chi connectivity index (χ4v) is 3.58. The summed E-state index contributed by atoms with van der Waals surface area (Å²) in [6.45, 7) is 9.69. The first-order chi connectivity index (χ1) is 11.4. The summed E-state index contributed by atoms with van der Waals surface area (Å²) in [7, 11) is 2.02. The van der Waals surface area contributed by atoms with Crippen LogP contribution in [0.5, 0.6) is 5.88 Å². The fourth-order valence-electron chi connectivity index (χ4n) is 3.04. The Morgan fingerprint density at radius 1 is 1.38 bits per heavy atom. The van der Waals surface area contributed by atoms with E-state index in [1.54, 1.807) is 0 Å². The third kappa shape index (κ3) is 5.33. The van der Waals surface area contributed by atoms with Crippen molar-refractivity contribution in [1.29, 1.82) is 0 Å². The van der Waals surface area contributed by atoms with E-state index < -0.39 is 0 Å². The molecule has 4 nitrogen and oxygen atoms in total. The first-order valence-electron chi connectivity index (χ1n) is 8.98. The molecular formula is C19H30IN3O. The third-order valence-electron chi connectivity index (χ3n) is 4.94. The van der Waals surface area contributed by atoms with E-state index in [2.05, 4.69) is 59.4 Å². The van der Waals surface area contributed by atoms with Gasteiger partial charge >= 0.3 is 0 Å². The van der Waals surface area contributed by atoms with Crippen molar-refractivity contribution >= 4 is 34.6 Å². The van der Waals surface area contributed by atoms with E-state index in [4.69, 9.17) is 4.74 Å². The van der Waals surface area contributed by atoms with Crippen LogP contribution in [-0.2, 0) is 0 Å². The van der Waals surface area contributed by atoms with E-state index in [-0.39, 0.29) is 0 Å². The van der Waals surface area contributed by atoms with Crippen molar-refractivity contribution in [3.8, 4) is 5.88 Å². The molecule has 5 heteroatoms. The molecule has 2 rings (SSSR count). The van der Waals surface area contributed by atoms with Crippen molar-refractivity contribution in [2.75, 3.05) is 13.6 Å². The highest BCUT2D eigenvalue weighted by Gasteiger charge is 2.25. The molecule has 0 spiro atoms. The molecule has 0 atom stereocenters. The zero-order chi connectivity index (χ0) is 17.7. The minimum Gasteiger partial charge on any atom is -0.474 e. The van der Waals surface area contributed by atoms with Gasteiger partial charge in [0.1, 0.15) is 6.10 Å². The molecule has 1 saturated carbocycles. The number of nitrogens with zero attached hydrogens (tertiary/aromatic N) is 3. The molecule has 0 N–H and O–H groups in total. The first kappa shape index (κ1) is 19.5. The van der Waals surface area contributed by atoms with Gasteiger partial charge in [0.25, 0.3) is 0 Å². The van der Waals surface area contributed by atoms with Gasteiger partial charge in [-0.2, -0.15) is 0 Å². The lowest BCUT2D eigenvalue weighted by atomic mass is 9.80. The van der Waals surface area contributed by atoms with Crippen LogP contribution in [0.1, 0.15) is 52.1 Å². The van der Waals surface area contributed by atoms with Crippen LogP contribution < -0.4 is 4.74 Å². The zero-order valence-corrected chi connectivity index (χ0v) is 17.7. The lowest BCUT2D eigenvalue weighted by Gasteiger charge is -2.31. The topological polar surface area (TPSA) is 37.7 Å². The van der Waals surface area contributed by atoms with E-state index in [9.17, 15) is 0 Å². The summed E-state index contributed by atoms with van der Waals surface area (Å²) in [6, 6.07) is 2.07. The fraction of sp³-hybridized carbons (Fsp3) is 0.684. The van der Waals surface area contributed by atoms with Crippen LogP contribution in [0, 0.1) is 22.3 Å². The van der Waals surface area contributed by atoms with Crippen molar-refractivity contribution in [1.82, 2.24) is 9.88 Å². The van der Waals surface area contributed by atoms with Gasteiger partial charge in [-0.15, -0.1) is 0 Å². The summed E-state index contributed by atoms with van der Waals surface area (Å²) in [4.78, 5) is 11.2. The molecule has 1 aromatic rings. The Labute approximate surface area is 160 Å². The molecule has 0 saturated heterocycles. The quantitative estimate of drug-likeness (QED) is 0.345. The Balaban J connectivity index is 2.02. The Morgan fingerprint density at radius 2 is 2.04 bits per heavy atom. The highest BCUT2D eigenvalue weighted by molar-refractivity contribution is 14.1. The van der Waals surface area contributed by atoms with Gasteiger partial charge in [-0.1, -0.05) is 13.8 Å². The maximum atomic E-state index is 6.22. The lowest BCUT2D eigenvalue weighted by Crippen LogP contribution is -2.26. The standard InChI is InChI=1S/C19H30IN3O/c1-6-23(5)12-21-18-11-17(20)19(22-14(18)4)24-16-9-7-15(8-10-16)13(2)3/h11-13,15-16H,6-10H2,1-5H3/b21-12+. The number of ether oxygens (including phenoxy) is 1. The van der Waals surface area contributed by atoms with Gasteiger partial charge in [0.05, 0.1) is 21.3 Å². The summed E-state index contributed by atoms with van der Waals surface area (Å²) in [5.41, 5.74) is 1.83. The second-order valence-corrected chi connectivity index (χ2v) is 8.26. The molecule has 24 heavy (non-hydrogen) atoms. The molecule has 134 valence electrons. The second kappa shape index (κ2) is 9.02. The summed E-state index contributed by atoms with van der Waals surface area (Å²) >= 11 is 2.30. The lowest BCUT2D eigenvalue weighted by molar-refractivity contribution is 0.111. The smallest absolute Gasteiger partial charge is 0.227 e. The molecule has 0 unspecified atom stereocenters. The normalized spacial score (nSPS) is 21.5. The van der Waals surface area contributed by atoms with Crippen molar-refractivity contribution in [3.63, 3.8) is 0 Å². The number of aliphatic imine (C=N–C) groups is 1. The number of hydrogen-bond acceptors (Lipinski definition) is 3. The summed E-state index contributed by atoms with van der Waals surface area (Å²) in [6.07, 6.45) is 6.98. The third-order valence-corrected chi connectivity index (χ3v) is 5.71. The minimum absolute atomic E-state index is 0.306. The average molecular weight is 443 g/mol. The van der Waals surface area contributed by atoms with Crippen LogP contribution in [-0.4, -0.2) is 35.9 Å². The van der Waals surface area contributed by atoms with Gasteiger partial charge in [0.2, 0.25) is 5.88 Å². The van der Waals surface area contributed by atoms with Gasteiger partial charge in [-0.25, -0.2) is 9.98 Å². The molecule has 0 bridgehead atoms. The number of rotatable bonds is 6. The molecule has 0 amide bonds. The number of aromatic nitrogens is 1. The van der Waals surface area contributed by atoms with Crippen molar-refractivity contribution in [2.24, 2.45) is 16.8 Å².